The molecule has 1 aromatic heterocycles. The predicted molar refractivity (Wildman–Crippen MR) is 132 cm³/mol. The zero-order chi connectivity index (χ0) is 24.1. The first-order valence-corrected chi connectivity index (χ1v) is 12.9. The first-order chi connectivity index (χ1) is 16.4. The zero-order valence-corrected chi connectivity index (χ0v) is 20.2. The van der Waals surface area contributed by atoms with Crippen LogP contribution in [0.4, 0.5) is 0 Å². The third kappa shape index (κ3) is 5.20. The molecule has 2 heterocycles. The SMILES string of the molecule is Cc1nn(-c2ccccc2)c(C)c1CNC(=O)CCCCCN=C1NS(=O)(=O)c2ccccc21. The Hall–Kier alpha value is -3.46. The number of unbranched alkanes of at least 4 members (excludes halogenated alkanes) is 2. The Bertz CT molecular complexity index is 1310. The number of nitrogens with zero attached hydrogens (tertiary/aromatic N) is 3. The Kier molecular flexibility index (Phi) is 7.12. The van der Waals surface area contributed by atoms with Crippen LogP contribution in [-0.4, -0.2) is 36.5 Å². The van der Waals surface area contributed by atoms with Gasteiger partial charge in [-0.3, -0.25) is 14.5 Å². The number of hydrogen-bond acceptors (Lipinski definition) is 5. The van der Waals surface area contributed by atoms with Gasteiger partial charge >= 0.3 is 0 Å². The molecule has 0 saturated heterocycles. The summed E-state index contributed by atoms with van der Waals surface area (Å²) in [7, 11) is -3.50. The fourth-order valence-corrected chi connectivity index (χ4v) is 5.29. The lowest BCUT2D eigenvalue weighted by atomic mass is 10.1. The number of carbonyl (C=O) groups is 1. The lowest BCUT2D eigenvalue weighted by Gasteiger charge is -2.07. The minimum atomic E-state index is -3.50. The van der Waals surface area contributed by atoms with Gasteiger partial charge in [0.25, 0.3) is 10.0 Å². The second kappa shape index (κ2) is 10.2. The maximum Gasteiger partial charge on any atom is 0.263 e. The summed E-state index contributed by atoms with van der Waals surface area (Å²) in [6, 6.07) is 16.8. The Morgan fingerprint density at radius 2 is 1.76 bits per heavy atom. The molecule has 0 unspecified atom stereocenters. The molecule has 0 spiro atoms. The van der Waals surface area contributed by atoms with Crippen LogP contribution in [0.25, 0.3) is 5.69 Å². The molecular formula is C25H29N5O3S. The van der Waals surface area contributed by atoms with E-state index in [0.29, 0.717) is 30.9 Å². The number of amidine groups is 1. The fourth-order valence-electron chi connectivity index (χ4n) is 4.04. The largest absolute Gasteiger partial charge is 0.352 e. The molecule has 8 nitrogen and oxygen atoms in total. The summed E-state index contributed by atoms with van der Waals surface area (Å²) in [6.07, 6.45) is 2.81. The summed E-state index contributed by atoms with van der Waals surface area (Å²) >= 11 is 0. The number of fused-ring (bicyclic) bond motifs is 1. The van der Waals surface area contributed by atoms with E-state index in [9.17, 15) is 13.2 Å². The molecule has 34 heavy (non-hydrogen) atoms. The van der Waals surface area contributed by atoms with Crippen LogP contribution < -0.4 is 10.0 Å². The van der Waals surface area contributed by atoms with Crippen LogP contribution in [0.3, 0.4) is 0 Å². The molecule has 1 aliphatic heterocycles. The summed E-state index contributed by atoms with van der Waals surface area (Å²) in [5.41, 5.74) is 4.57. The number of nitrogens with one attached hydrogen (secondary N) is 2. The molecule has 0 saturated carbocycles. The molecule has 1 aliphatic rings. The van der Waals surface area contributed by atoms with Crippen molar-refractivity contribution >= 4 is 21.8 Å². The molecule has 2 N–H and O–H groups in total. The average molecular weight is 480 g/mol. The average Bonchev–Trinajstić information content (AvgIpc) is 3.27. The summed E-state index contributed by atoms with van der Waals surface area (Å²) in [4.78, 5) is 17.0. The predicted octanol–water partition coefficient (Wildman–Crippen LogP) is 3.40. The van der Waals surface area contributed by atoms with Crippen molar-refractivity contribution < 1.29 is 13.2 Å². The number of para-hydroxylation sites is 1. The number of rotatable bonds is 9. The van der Waals surface area contributed by atoms with Gasteiger partial charge in [-0.2, -0.15) is 5.10 Å². The van der Waals surface area contributed by atoms with Gasteiger partial charge in [-0.05, 0) is 51.0 Å². The van der Waals surface area contributed by atoms with Gasteiger partial charge in [0.2, 0.25) is 5.91 Å². The fraction of sp³-hybridized carbons (Fsp3) is 0.320. The maximum atomic E-state index is 12.3. The number of carbonyl (C=O) groups excluding carboxylic acids is 1. The highest BCUT2D eigenvalue weighted by molar-refractivity contribution is 7.90. The van der Waals surface area contributed by atoms with E-state index in [1.54, 1.807) is 24.3 Å². The van der Waals surface area contributed by atoms with Crippen molar-refractivity contribution in [2.75, 3.05) is 6.54 Å². The molecule has 0 aliphatic carbocycles. The van der Waals surface area contributed by atoms with Gasteiger partial charge in [0, 0.05) is 36.3 Å². The van der Waals surface area contributed by atoms with Crippen molar-refractivity contribution in [3.05, 3.63) is 77.1 Å². The second-order valence-corrected chi connectivity index (χ2v) is 9.97. The number of benzene rings is 2. The number of sulfonamides is 1. The Balaban J connectivity index is 1.21. The van der Waals surface area contributed by atoms with Crippen LogP contribution in [0, 0.1) is 13.8 Å². The highest BCUT2D eigenvalue weighted by Crippen LogP contribution is 2.22. The molecule has 0 bridgehead atoms. The highest BCUT2D eigenvalue weighted by atomic mass is 32.2. The van der Waals surface area contributed by atoms with Crippen molar-refractivity contribution in [3.8, 4) is 5.69 Å². The molecule has 0 atom stereocenters. The van der Waals surface area contributed by atoms with E-state index in [-0.39, 0.29) is 10.8 Å². The van der Waals surface area contributed by atoms with E-state index < -0.39 is 10.0 Å². The van der Waals surface area contributed by atoms with Crippen molar-refractivity contribution in [1.29, 1.82) is 0 Å². The van der Waals surface area contributed by atoms with Crippen molar-refractivity contribution in [2.45, 2.75) is 51.0 Å². The molecule has 9 heteroatoms. The standard InChI is InChI=1S/C25H29N5O3S/c1-18-22(19(2)30(28-18)20-11-5-3-6-12-20)17-27-24(31)15-7-4-10-16-26-25-21-13-8-9-14-23(21)34(32,33)29-25/h3,5-6,8-9,11-14H,4,7,10,15-17H2,1-2H3,(H,26,29)(H,27,31). The summed E-state index contributed by atoms with van der Waals surface area (Å²) in [6.45, 7) is 4.93. The number of amides is 1. The second-order valence-electron chi connectivity index (χ2n) is 8.32. The number of hydrogen-bond donors (Lipinski definition) is 2. The lowest BCUT2D eigenvalue weighted by molar-refractivity contribution is -0.121. The van der Waals surface area contributed by atoms with Gasteiger partial charge < -0.3 is 5.32 Å². The van der Waals surface area contributed by atoms with Crippen LogP contribution in [0.5, 0.6) is 0 Å². The summed E-state index contributed by atoms with van der Waals surface area (Å²) in [5, 5.41) is 7.62. The topological polar surface area (TPSA) is 105 Å². The summed E-state index contributed by atoms with van der Waals surface area (Å²) in [5.74, 6) is 0.408. The number of aryl methyl sites for hydroxylation is 1. The van der Waals surface area contributed by atoms with Gasteiger partial charge in [-0.1, -0.05) is 36.8 Å². The Labute approximate surface area is 200 Å². The van der Waals surface area contributed by atoms with E-state index in [4.69, 9.17) is 0 Å². The number of aromatic nitrogens is 2. The normalized spacial score (nSPS) is 15.2. The van der Waals surface area contributed by atoms with Gasteiger partial charge in [-0.15, -0.1) is 0 Å². The molecule has 178 valence electrons. The lowest BCUT2D eigenvalue weighted by Crippen LogP contribution is -2.23. The van der Waals surface area contributed by atoms with E-state index in [0.717, 1.165) is 41.9 Å². The maximum absolute atomic E-state index is 12.3. The minimum absolute atomic E-state index is 0.00931. The van der Waals surface area contributed by atoms with E-state index in [1.807, 2.05) is 48.9 Å². The van der Waals surface area contributed by atoms with E-state index >= 15 is 0 Å². The van der Waals surface area contributed by atoms with E-state index in [2.05, 4.69) is 20.1 Å². The zero-order valence-electron chi connectivity index (χ0n) is 19.4. The van der Waals surface area contributed by atoms with Crippen LogP contribution in [0.2, 0.25) is 0 Å². The Morgan fingerprint density at radius 3 is 2.56 bits per heavy atom. The first kappa shape index (κ1) is 23.7. The van der Waals surface area contributed by atoms with Gasteiger partial charge in [0.15, 0.2) is 0 Å². The van der Waals surface area contributed by atoms with Gasteiger partial charge in [0.1, 0.15) is 5.84 Å². The molecule has 0 fully saturated rings. The molecule has 1 amide bonds. The molecule has 4 rings (SSSR count). The van der Waals surface area contributed by atoms with Crippen molar-refractivity contribution in [3.63, 3.8) is 0 Å². The number of aliphatic imine (C=N–C) groups is 1. The van der Waals surface area contributed by atoms with Gasteiger partial charge in [0.05, 0.1) is 16.3 Å². The molecule has 2 aromatic carbocycles. The quantitative estimate of drug-likeness (QED) is 0.459. The molecular weight excluding hydrogens is 450 g/mol. The van der Waals surface area contributed by atoms with Crippen molar-refractivity contribution in [2.24, 2.45) is 4.99 Å². The third-order valence-electron chi connectivity index (χ3n) is 5.90. The first-order valence-electron chi connectivity index (χ1n) is 11.4. The van der Waals surface area contributed by atoms with Gasteiger partial charge in [-0.25, -0.2) is 13.1 Å². The monoisotopic (exact) mass is 479 g/mol. The summed E-state index contributed by atoms with van der Waals surface area (Å²) < 4.78 is 28.6. The minimum Gasteiger partial charge on any atom is -0.352 e. The third-order valence-corrected chi connectivity index (χ3v) is 7.30. The highest BCUT2D eigenvalue weighted by Gasteiger charge is 2.29. The van der Waals surface area contributed by atoms with Crippen LogP contribution >= 0.6 is 0 Å². The Morgan fingerprint density at radius 1 is 1.03 bits per heavy atom. The van der Waals surface area contributed by atoms with Crippen LogP contribution in [0.15, 0.2) is 64.5 Å². The van der Waals surface area contributed by atoms with Crippen LogP contribution in [-0.2, 0) is 21.4 Å². The molecule has 3 aromatic rings. The smallest absolute Gasteiger partial charge is 0.263 e. The van der Waals surface area contributed by atoms with E-state index in [1.165, 1.54) is 0 Å². The molecule has 0 radical (unpaired) electrons. The van der Waals surface area contributed by atoms with Crippen molar-refractivity contribution in [1.82, 2.24) is 19.8 Å². The van der Waals surface area contributed by atoms with Crippen LogP contribution in [0.1, 0.15) is 48.2 Å².